The van der Waals surface area contributed by atoms with Crippen LogP contribution in [-0.2, 0) is 22.8 Å². The Morgan fingerprint density at radius 1 is 1.09 bits per heavy atom. The highest BCUT2D eigenvalue weighted by Gasteiger charge is 2.45. The second kappa shape index (κ2) is 8.38. The Labute approximate surface area is 188 Å². The van der Waals surface area contributed by atoms with Crippen molar-refractivity contribution in [2.45, 2.75) is 37.3 Å². The van der Waals surface area contributed by atoms with Crippen molar-refractivity contribution in [2.24, 2.45) is 5.73 Å². The summed E-state index contributed by atoms with van der Waals surface area (Å²) in [6.45, 7) is 0. The number of Topliss-reactive ketones (excluding diaryl/α,β-unsaturated/α-hetero) is 1. The minimum absolute atomic E-state index is 0.0950. The summed E-state index contributed by atoms with van der Waals surface area (Å²) in [6.07, 6.45) is -2.77. The van der Waals surface area contributed by atoms with Gasteiger partial charge in [-0.2, -0.15) is 18.3 Å². The number of alkyl halides is 3. The van der Waals surface area contributed by atoms with Gasteiger partial charge in [0.15, 0.2) is 11.5 Å². The number of hydrogen-bond acceptors (Lipinski definition) is 4. The van der Waals surface area contributed by atoms with Gasteiger partial charge in [0.2, 0.25) is 5.91 Å². The molecule has 2 N–H and O–H groups in total. The molecule has 3 aromatic rings. The molecular formula is C24H22F3N3O3. The number of aromatic nitrogens is 2. The summed E-state index contributed by atoms with van der Waals surface area (Å²) < 4.78 is 46.0. The van der Waals surface area contributed by atoms with E-state index >= 15 is 0 Å². The highest BCUT2D eigenvalue weighted by molar-refractivity contribution is 5.96. The van der Waals surface area contributed by atoms with Gasteiger partial charge in [-0.15, -0.1) is 0 Å². The average molecular weight is 457 g/mol. The van der Waals surface area contributed by atoms with E-state index in [0.717, 1.165) is 29.2 Å². The summed E-state index contributed by atoms with van der Waals surface area (Å²) in [5.41, 5.74) is 5.74. The normalized spacial score (nSPS) is 14.7. The molecule has 4 rings (SSSR count). The van der Waals surface area contributed by atoms with Gasteiger partial charge in [-0.05, 0) is 48.2 Å². The topological polar surface area (TPSA) is 87.2 Å². The Balaban J connectivity index is 1.60. The first-order valence-electron chi connectivity index (χ1n) is 10.3. The molecule has 1 amide bonds. The highest BCUT2D eigenvalue weighted by Crippen LogP contribution is 2.50. The van der Waals surface area contributed by atoms with E-state index in [1.54, 1.807) is 24.3 Å². The van der Waals surface area contributed by atoms with Crippen molar-refractivity contribution in [1.29, 1.82) is 0 Å². The number of nitrogens with zero attached hydrogens (tertiary/aromatic N) is 2. The number of hydrogen-bond donors (Lipinski definition) is 1. The molecule has 33 heavy (non-hydrogen) atoms. The molecule has 172 valence electrons. The number of ether oxygens (including phenoxy) is 1. The Hall–Kier alpha value is -3.62. The fraction of sp³-hybridized carbons (Fsp3) is 0.292. The molecule has 1 heterocycles. The van der Waals surface area contributed by atoms with E-state index in [0.29, 0.717) is 17.0 Å². The zero-order valence-corrected chi connectivity index (χ0v) is 17.9. The molecule has 1 aromatic heterocycles. The summed E-state index contributed by atoms with van der Waals surface area (Å²) >= 11 is 0. The summed E-state index contributed by atoms with van der Waals surface area (Å²) in [4.78, 5) is 24.3. The molecule has 0 atom stereocenters. The molecule has 0 bridgehead atoms. The molecule has 9 heteroatoms. The standard InChI is InChI=1S/C24H22F3N3O3/c1-33-18-8-6-17(7-9-18)30-19(13-21(29-30)24(25,26)27)20(31)12-15-2-4-16(5-3-15)23(10-11-23)14-22(28)32/h2-9,13H,10-12,14H2,1H3,(H2,28,32). The largest absolute Gasteiger partial charge is 0.497 e. The molecule has 1 saturated carbocycles. The predicted octanol–water partition coefficient (Wildman–Crippen LogP) is 4.23. The van der Waals surface area contributed by atoms with E-state index in [4.69, 9.17) is 10.5 Å². The van der Waals surface area contributed by atoms with Crippen LogP contribution in [0, 0.1) is 0 Å². The fourth-order valence-corrected chi connectivity index (χ4v) is 3.94. The molecule has 0 aliphatic heterocycles. The molecule has 1 fully saturated rings. The van der Waals surface area contributed by atoms with Gasteiger partial charge in [0, 0.05) is 24.3 Å². The van der Waals surface area contributed by atoms with Gasteiger partial charge in [0.05, 0.1) is 12.8 Å². The van der Waals surface area contributed by atoms with Crippen LogP contribution in [0.4, 0.5) is 13.2 Å². The maximum atomic E-state index is 13.3. The zero-order valence-electron chi connectivity index (χ0n) is 17.9. The Bertz CT molecular complexity index is 1180. The summed E-state index contributed by atoms with van der Waals surface area (Å²) in [7, 11) is 1.48. The van der Waals surface area contributed by atoms with Crippen LogP contribution in [-0.4, -0.2) is 28.6 Å². The predicted molar refractivity (Wildman–Crippen MR) is 114 cm³/mol. The molecule has 1 aliphatic rings. The van der Waals surface area contributed by atoms with E-state index in [2.05, 4.69) is 5.10 Å². The molecule has 2 aromatic carbocycles. The van der Waals surface area contributed by atoms with Gasteiger partial charge in [-0.25, -0.2) is 4.68 Å². The SMILES string of the molecule is COc1ccc(-n2nc(C(F)(F)F)cc2C(=O)Cc2ccc(C3(CC(N)=O)CC3)cc2)cc1. The Morgan fingerprint density at radius 3 is 2.24 bits per heavy atom. The molecule has 0 spiro atoms. The maximum Gasteiger partial charge on any atom is 0.435 e. The van der Waals surface area contributed by atoms with Crippen molar-refractivity contribution in [3.63, 3.8) is 0 Å². The lowest BCUT2D eigenvalue weighted by Gasteiger charge is -2.14. The quantitative estimate of drug-likeness (QED) is 0.513. The van der Waals surface area contributed by atoms with Gasteiger partial charge in [0.1, 0.15) is 11.4 Å². The minimum atomic E-state index is -4.69. The van der Waals surface area contributed by atoms with Crippen molar-refractivity contribution >= 4 is 11.7 Å². The first-order chi connectivity index (χ1) is 15.6. The van der Waals surface area contributed by atoms with Crippen LogP contribution in [0.15, 0.2) is 54.6 Å². The van der Waals surface area contributed by atoms with Crippen LogP contribution in [0.2, 0.25) is 0 Å². The Morgan fingerprint density at radius 2 is 1.73 bits per heavy atom. The number of methoxy groups -OCH3 is 1. The number of nitrogens with two attached hydrogens (primary N) is 1. The maximum absolute atomic E-state index is 13.3. The summed E-state index contributed by atoms with van der Waals surface area (Å²) in [5.74, 6) is -0.335. The smallest absolute Gasteiger partial charge is 0.435 e. The lowest BCUT2D eigenvalue weighted by Crippen LogP contribution is -2.20. The fourth-order valence-electron chi connectivity index (χ4n) is 3.94. The van der Waals surface area contributed by atoms with Crippen LogP contribution in [0.3, 0.4) is 0 Å². The number of halogens is 3. The number of primary amides is 1. The molecular weight excluding hydrogens is 435 g/mol. The van der Waals surface area contributed by atoms with Crippen LogP contribution in [0.25, 0.3) is 5.69 Å². The molecule has 6 nitrogen and oxygen atoms in total. The average Bonchev–Trinajstić information content (AvgIpc) is 3.38. The van der Waals surface area contributed by atoms with E-state index in [1.807, 2.05) is 12.1 Å². The van der Waals surface area contributed by atoms with Crippen LogP contribution in [0.5, 0.6) is 5.75 Å². The molecule has 1 aliphatic carbocycles. The third-order valence-corrected chi connectivity index (χ3v) is 5.90. The van der Waals surface area contributed by atoms with Gasteiger partial charge in [-0.3, -0.25) is 9.59 Å². The number of ketones is 1. The molecule has 0 radical (unpaired) electrons. The van der Waals surface area contributed by atoms with E-state index in [1.165, 1.54) is 19.2 Å². The Kier molecular flexibility index (Phi) is 5.73. The zero-order chi connectivity index (χ0) is 23.8. The molecule has 0 saturated heterocycles. The van der Waals surface area contributed by atoms with Gasteiger partial charge >= 0.3 is 6.18 Å². The van der Waals surface area contributed by atoms with Crippen LogP contribution >= 0.6 is 0 Å². The molecule has 0 unspecified atom stereocenters. The van der Waals surface area contributed by atoms with Gasteiger partial charge in [0.25, 0.3) is 0 Å². The highest BCUT2D eigenvalue weighted by atomic mass is 19.4. The minimum Gasteiger partial charge on any atom is -0.497 e. The lowest BCUT2D eigenvalue weighted by molar-refractivity contribution is -0.141. The van der Waals surface area contributed by atoms with Gasteiger partial charge in [-0.1, -0.05) is 24.3 Å². The number of amides is 1. The van der Waals surface area contributed by atoms with Crippen molar-refractivity contribution < 1.29 is 27.5 Å². The van der Waals surface area contributed by atoms with Gasteiger partial charge < -0.3 is 10.5 Å². The first kappa shape index (κ1) is 22.6. The monoisotopic (exact) mass is 457 g/mol. The van der Waals surface area contributed by atoms with E-state index in [-0.39, 0.29) is 29.9 Å². The summed E-state index contributed by atoms with van der Waals surface area (Å²) in [5, 5.41) is 3.64. The van der Waals surface area contributed by atoms with Crippen molar-refractivity contribution in [1.82, 2.24) is 9.78 Å². The first-order valence-corrected chi connectivity index (χ1v) is 10.3. The van der Waals surface area contributed by atoms with E-state index in [9.17, 15) is 22.8 Å². The summed E-state index contributed by atoms with van der Waals surface area (Å²) in [6, 6.07) is 14.2. The number of carbonyl (C=O) groups is 2. The van der Waals surface area contributed by atoms with Crippen molar-refractivity contribution in [2.75, 3.05) is 7.11 Å². The second-order valence-corrected chi connectivity index (χ2v) is 8.24. The third kappa shape index (κ3) is 4.76. The number of benzene rings is 2. The number of rotatable bonds is 8. The van der Waals surface area contributed by atoms with Crippen LogP contribution in [0.1, 0.15) is 46.6 Å². The van der Waals surface area contributed by atoms with Crippen molar-refractivity contribution in [3.05, 3.63) is 77.1 Å². The van der Waals surface area contributed by atoms with Crippen molar-refractivity contribution in [3.8, 4) is 11.4 Å². The lowest BCUT2D eigenvalue weighted by atomic mass is 9.91. The number of carbonyl (C=O) groups excluding carboxylic acids is 2. The van der Waals surface area contributed by atoms with E-state index < -0.39 is 17.7 Å². The third-order valence-electron chi connectivity index (χ3n) is 5.90. The van der Waals surface area contributed by atoms with Crippen LogP contribution < -0.4 is 10.5 Å². The second-order valence-electron chi connectivity index (χ2n) is 8.24.